The van der Waals surface area contributed by atoms with Gasteiger partial charge in [0.25, 0.3) is 0 Å². The summed E-state index contributed by atoms with van der Waals surface area (Å²) in [6, 6.07) is 1.95. The Balaban J connectivity index is 2.12. The molecule has 6 nitrogen and oxygen atoms in total. The van der Waals surface area contributed by atoms with Crippen LogP contribution in [0, 0.1) is 5.92 Å². The van der Waals surface area contributed by atoms with Crippen LogP contribution >= 0.6 is 0 Å². The highest BCUT2D eigenvalue weighted by molar-refractivity contribution is 5.71. The number of aryl methyl sites for hydroxylation is 1. The molecule has 1 aromatic rings. The van der Waals surface area contributed by atoms with Crippen molar-refractivity contribution in [2.24, 2.45) is 5.92 Å². The quantitative estimate of drug-likeness (QED) is 0.814. The fourth-order valence-electron chi connectivity index (χ4n) is 2.78. The molecule has 0 saturated carbocycles. The highest BCUT2D eigenvalue weighted by Gasteiger charge is 2.37. The van der Waals surface area contributed by atoms with E-state index in [-0.39, 0.29) is 6.04 Å². The van der Waals surface area contributed by atoms with Gasteiger partial charge in [-0.25, -0.2) is 0 Å². The number of rotatable bonds is 7. The molecule has 1 aromatic heterocycles. The molecule has 6 heteroatoms. The molecule has 20 heavy (non-hydrogen) atoms. The van der Waals surface area contributed by atoms with Crippen LogP contribution in [-0.2, 0) is 22.6 Å². The smallest absolute Gasteiger partial charge is 0.310 e. The third-order valence-electron chi connectivity index (χ3n) is 3.82. The molecule has 2 atom stereocenters. The second kappa shape index (κ2) is 6.85. The van der Waals surface area contributed by atoms with Crippen molar-refractivity contribution < 1.29 is 14.6 Å². The van der Waals surface area contributed by atoms with Gasteiger partial charge in [-0.1, -0.05) is 6.92 Å². The first-order valence-corrected chi connectivity index (χ1v) is 7.22. The molecule has 0 radical (unpaired) electrons. The van der Waals surface area contributed by atoms with Gasteiger partial charge in [0.2, 0.25) is 0 Å². The van der Waals surface area contributed by atoms with Gasteiger partial charge < -0.3 is 9.84 Å². The molecule has 2 heterocycles. The van der Waals surface area contributed by atoms with Crippen molar-refractivity contribution in [3.63, 3.8) is 0 Å². The maximum Gasteiger partial charge on any atom is 0.310 e. The van der Waals surface area contributed by atoms with Gasteiger partial charge >= 0.3 is 5.97 Å². The van der Waals surface area contributed by atoms with E-state index < -0.39 is 11.9 Å². The number of carboxylic acid groups (broad SMARTS) is 1. The summed E-state index contributed by atoms with van der Waals surface area (Å²) in [6.45, 7) is 7.39. The minimum absolute atomic E-state index is 0.0485. The predicted molar refractivity (Wildman–Crippen MR) is 74.3 cm³/mol. The topological polar surface area (TPSA) is 67.6 Å². The molecule has 2 unspecified atom stereocenters. The molecule has 0 spiro atoms. The van der Waals surface area contributed by atoms with Crippen LogP contribution in [0.5, 0.6) is 0 Å². The van der Waals surface area contributed by atoms with Gasteiger partial charge in [0.15, 0.2) is 0 Å². The molecule has 0 bridgehead atoms. The van der Waals surface area contributed by atoms with Crippen LogP contribution in [0.4, 0.5) is 0 Å². The lowest BCUT2D eigenvalue weighted by molar-refractivity contribution is -0.143. The first-order valence-electron chi connectivity index (χ1n) is 7.22. The lowest BCUT2D eigenvalue weighted by Crippen LogP contribution is -2.43. The van der Waals surface area contributed by atoms with E-state index >= 15 is 0 Å². The molecule has 0 aromatic carbocycles. The average Bonchev–Trinajstić information content (AvgIpc) is 3.06. The zero-order valence-electron chi connectivity index (χ0n) is 12.2. The zero-order chi connectivity index (χ0) is 14.5. The number of hydrogen-bond donors (Lipinski definition) is 1. The summed E-state index contributed by atoms with van der Waals surface area (Å²) in [7, 11) is 0. The molecule has 1 fully saturated rings. The van der Waals surface area contributed by atoms with Gasteiger partial charge in [-0.15, -0.1) is 0 Å². The minimum Gasteiger partial charge on any atom is -0.481 e. The summed E-state index contributed by atoms with van der Waals surface area (Å²) >= 11 is 0. The Bertz CT molecular complexity index is 447. The van der Waals surface area contributed by atoms with Gasteiger partial charge in [0.1, 0.15) is 0 Å². The number of nitrogens with zero attached hydrogens (tertiary/aromatic N) is 3. The third-order valence-corrected chi connectivity index (χ3v) is 3.82. The summed E-state index contributed by atoms with van der Waals surface area (Å²) in [5.74, 6) is -1.20. The Morgan fingerprint density at radius 2 is 2.35 bits per heavy atom. The lowest BCUT2D eigenvalue weighted by Gasteiger charge is -2.30. The molecule has 0 amide bonds. The van der Waals surface area contributed by atoms with Crippen LogP contribution in [0.2, 0.25) is 0 Å². The van der Waals surface area contributed by atoms with Crippen LogP contribution in [0.1, 0.15) is 26.0 Å². The molecule has 1 aliphatic heterocycles. The first-order chi connectivity index (χ1) is 9.67. The maximum atomic E-state index is 11.3. The van der Waals surface area contributed by atoms with Crippen LogP contribution in [0.3, 0.4) is 0 Å². The summed E-state index contributed by atoms with van der Waals surface area (Å²) < 4.78 is 7.34. The van der Waals surface area contributed by atoms with Crippen LogP contribution in [-0.4, -0.2) is 51.6 Å². The Morgan fingerprint density at radius 1 is 1.55 bits per heavy atom. The number of carboxylic acids is 1. The van der Waals surface area contributed by atoms with E-state index in [4.69, 9.17) is 4.74 Å². The fourth-order valence-corrected chi connectivity index (χ4v) is 2.78. The van der Waals surface area contributed by atoms with Crippen molar-refractivity contribution in [2.75, 3.05) is 19.8 Å². The SMILES string of the molecule is CCCN(Cc1ccnn1CC)C1COCC1C(=O)O. The van der Waals surface area contributed by atoms with E-state index in [1.165, 1.54) is 0 Å². The van der Waals surface area contributed by atoms with Crippen LogP contribution in [0.15, 0.2) is 12.3 Å². The average molecular weight is 281 g/mol. The molecule has 2 rings (SSSR count). The summed E-state index contributed by atoms with van der Waals surface area (Å²) in [5.41, 5.74) is 1.12. The molecular weight excluding hydrogens is 258 g/mol. The van der Waals surface area contributed by atoms with Crippen molar-refractivity contribution in [3.8, 4) is 0 Å². The normalized spacial score (nSPS) is 22.6. The Hall–Kier alpha value is -1.40. The van der Waals surface area contributed by atoms with Gasteiger partial charge in [-0.05, 0) is 26.0 Å². The fraction of sp³-hybridized carbons (Fsp3) is 0.714. The van der Waals surface area contributed by atoms with Crippen LogP contribution < -0.4 is 0 Å². The highest BCUT2D eigenvalue weighted by atomic mass is 16.5. The van der Waals surface area contributed by atoms with E-state index in [0.717, 1.165) is 31.7 Å². The summed E-state index contributed by atoms with van der Waals surface area (Å²) in [5, 5.41) is 13.6. The van der Waals surface area contributed by atoms with E-state index in [9.17, 15) is 9.90 Å². The molecule has 1 saturated heterocycles. The van der Waals surface area contributed by atoms with Gasteiger partial charge in [-0.2, -0.15) is 5.10 Å². The van der Waals surface area contributed by atoms with Crippen LogP contribution in [0.25, 0.3) is 0 Å². The van der Waals surface area contributed by atoms with E-state index in [1.54, 1.807) is 6.20 Å². The largest absolute Gasteiger partial charge is 0.481 e. The lowest BCUT2D eigenvalue weighted by atomic mass is 10.0. The van der Waals surface area contributed by atoms with E-state index in [0.29, 0.717) is 13.2 Å². The third kappa shape index (κ3) is 3.19. The van der Waals surface area contributed by atoms with Crippen molar-refractivity contribution in [1.29, 1.82) is 0 Å². The zero-order valence-corrected chi connectivity index (χ0v) is 12.2. The molecule has 0 aliphatic carbocycles. The predicted octanol–water partition coefficient (Wildman–Crippen LogP) is 1.21. The Morgan fingerprint density at radius 3 is 3.00 bits per heavy atom. The van der Waals surface area contributed by atoms with E-state index in [1.807, 2.05) is 10.7 Å². The van der Waals surface area contributed by atoms with Gasteiger partial charge in [0, 0.05) is 25.3 Å². The van der Waals surface area contributed by atoms with Gasteiger partial charge in [0.05, 0.1) is 24.8 Å². The van der Waals surface area contributed by atoms with Crippen molar-refractivity contribution in [3.05, 3.63) is 18.0 Å². The number of hydrogen-bond acceptors (Lipinski definition) is 4. The summed E-state index contributed by atoms with van der Waals surface area (Å²) in [4.78, 5) is 13.5. The first kappa shape index (κ1) is 15.0. The second-order valence-corrected chi connectivity index (χ2v) is 5.16. The highest BCUT2D eigenvalue weighted by Crippen LogP contribution is 2.22. The maximum absolute atomic E-state index is 11.3. The molecule has 1 N–H and O–H groups in total. The van der Waals surface area contributed by atoms with Crippen molar-refractivity contribution in [1.82, 2.24) is 14.7 Å². The Labute approximate surface area is 119 Å². The van der Waals surface area contributed by atoms with Crippen molar-refractivity contribution in [2.45, 2.75) is 39.4 Å². The number of carbonyl (C=O) groups is 1. The second-order valence-electron chi connectivity index (χ2n) is 5.16. The molecular formula is C14H23N3O3. The van der Waals surface area contributed by atoms with E-state index in [2.05, 4.69) is 23.8 Å². The number of aromatic nitrogens is 2. The molecule has 1 aliphatic rings. The number of ether oxygens (including phenoxy) is 1. The standard InChI is InChI=1S/C14H23N3O3/c1-3-7-16(8-11-5-6-15-17(11)4-2)13-10-20-9-12(13)14(18)19/h5-6,12-13H,3-4,7-10H2,1-2H3,(H,18,19). The van der Waals surface area contributed by atoms with Crippen molar-refractivity contribution >= 4 is 5.97 Å². The monoisotopic (exact) mass is 281 g/mol. The minimum atomic E-state index is -0.766. The number of aliphatic carboxylic acids is 1. The Kier molecular flexibility index (Phi) is 5.14. The van der Waals surface area contributed by atoms with Gasteiger partial charge in [-0.3, -0.25) is 14.4 Å². The molecule has 112 valence electrons. The summed E-state index contributed by atoms with van der Waals surface area (Å²) in [6.07, 6.45) is 2.78.